The van der Waals surface area contributed by atoms with E-state index >= 15 is 0 Å². The lowest BCUT2D eigenvalue weighted by molar-refractivity contribution is 1.18. The van der Waals surface area contributed by atoms with Crippen LogP contribution in [0.1, 0.15) is 0 Å². The van der Waals surface area contributed by atoms with E-state index in [9.17, 15) is 0 Å². The van der Waals surface area contributed by atoms with Gasteiger partial charge >= 0.3 is 0 Å². The highest BCUT2D eigenvalue weighted by molar-refractivity contribution is 7.25. The van der Waals surface area contributed by atoms with Crippen LogP contribution in [0.2, 0.25) is 0 Å². The van der Waals surface area contributed by atoms with Gasteiger partial charge in [0, 0.05) is 53.1 Å². The maximum Gasteiger partial charge on any atom is 0.0547 e. The van der Waals surface area contributed by atoms with Crippen molar-refractivity contribution in [3.63, 3.8) is 0 Å². The Kier molecular flexibility index (Phi) is 7.13. The molecule has 0 aliphatic carbocycles. The fraction of sp³-hybridized carbons (Fsp3) is 0. The van der Waals surface area contributed by atoms with E-state index in [2.05, 4.69) is 215 Å². The average molecular weight is 743 g/mol. The second-order valence-corrected chi connectivity index (χ2v) is 16.0. The van der Waals surface area contributed by atoms with E-state index in [1.807, 2.05) is 11.3 Å². The third kappa shape index (κ3) is 5.03. The summed E-state index contributed by atoms with van der Waals surface area (Å²) < 4.78 is 7.49. The van der Waals surface area contributed by atoms with E-state index < -0.39 is 0 Å². The monoisotopic (exact) mass is 742 g/mol. The molecule has 57 heavy (non-hydrogen) atoms. The molecule has 0 unspecified atom stereocenters. The van der Waals surface area contributed by atoms with Crippen LogP contribution in [-0.4, -0.2) is 9.13 Å². The first kappa shape index (κ1) is 32.1. The van der Waals surface area contributed by atoms with Crippen LogP contribution >= 0.6 is 11.3 Å². The highest BCUT2D eigenvalue weighted by atomic mass is 32.1. The van der Waals surface area contributed by atoms with Crippen LogP contribution in [0.15, 0.2) is 206 Å². The highest BCUT2D eigenvalue weighted by Gasteiger charge is 2.18. The molecule has 0 saturated heterocycles. The number of hydrogen-bond acceptors (Lipinski definition) is 1. The number of para-hydroxylation sites is 3. The number of rotatable bonds is 5. The summed E-state index contributed by atoms with van der Waals surface area (Å²) in [6.07, 6.45) is 0. The molecule has 3 aromatic heterocycles. The Morgan fingerprint density at radius 1 is 0.281 bits per heavy atom. The Morgan fingerprint density at radius 2 is 0.789 bits per heavy atom. The van der Waals surface area contributed by atoms with Crippen molar-refractivity contribution >= 4 is 75.1 Å². The summed E-state index contributed by atoms with van der Waals surface area (Å²) in [5.74, 6) is 0. The predicted molar refractivity (Wildman–Crippen MR) is 244 cm³/mol. The summed E-state index contributed by atoms with van der Waals surface area (Å²) in [6.45, 7) is 0. The molecule has 0 spiro atoms. The molecule has 0 fully saturated rings. The molecule has 3 heterocycles. The molecule has 9 aromatic carbocycles. The Bertz CT molecular complexity index is 3490. The zero-order valence-electron chi connectivity index (χ0n) is 30.9. The van der Waals surface area contributed by atoms with Gasteiger partial charge in [-0.3, -0.25) is 0 Å². The molecular formula is C54H34N2S. The molecular weight excluding hydrogens is 709 g/mol. The van der Waals surface area contributed by atoms with E-state index in [0.717, 1.165) is 5.69 Å². The summed E-state index contributed by atoms with van der Waals surface area (Å²) in [6, 6.07) is 75.6. The van der Waals surface area contributed by atoms with Gasteiger partial charge in [-0.2, -0.15) is 0 Å². The molecule has 0 N–H and O–H groups in total. The Labute approximate surface area is 333 Å². The normalized spacial score (nSPS) is 11.9. The molecule has 0 radical (unpaired) electrons. The predicted octanol–water partition coefficient (Wildman–Crippen LogP) is 15.2. The zero-order valence-corrected chi connectivity index (χ0v) is 31.7. The first-order chi connectivity index (χ1) is 28.3. The standard InChI is InChI=1S/C54H34N2S/c1-2-11-40(12-3-1)56-48-17-7-4-13-43(48)44-31-28-39(33-51(44)56)42-16-10-19-50-54(42)47-15-5-8-18-49(47)55(50)41-29-25-36(26-30-41)35-21-23-37(24-22-35)38-27-32-46-45-14-6-9-20-52(45)57-53(46)34-38/h1-34H. The first-order valence-electron chi connectivity index (χ1n) is 19.5. The third-order valence-electron chi connectivity index (χ3n) is 11.8. The second-order valence-electron chi connectivity index (χ2n) is 14.9. The van der Waals surface area contributed by atoms with Crippen LogP contribution in [-0.2, 0) is 0 Å². The Morgan fingerprint density at radius 3 is 1.58 bits per heavy atom. The number of fused-ring (bicyclic) bond motifs is 9. The van der Waals surface area contributed by atoms with Crippen molar-refractivity contribution in [2.45, 2.75) is 0 Å². The number of aromatic nitrogens is 2. The van der Waals surface area contributed by atoms with E-state index in [1.54, 1.807) is 0 Å². The molecule has 12 aromatic rings. The van der Waals surface area contributed by atoms with Gasteiger partial charge in [0.1, 0.15) is 0 Å². The maximum atomic E-state index is 2.42. The van der Waals surface area contributed by atoms with Gasteiger partial charge in [-0.1, -0.05) is 146 Å². The Balaban J connectivity index is 0.931. The number of benzene rings is 9. The molecule has 2 nitrogen and oxygen atoms in total. The summed E-state index contributed by atoms with van der Waals surface area (Å²) in [4.78, 5) is 0. The molecule has 3 heteroatoms. The molecule has 0 saturated carbocycles. The summed E-state index contributed by atoms with van der Waals surface area (Å²) >= 11 is 1.87. The van der Waals surface area contributed by atoms with Crippen LogP contribution in [0.3, 0.4) is 0 Å². The van der Waals surface area contributed by atoms with Gasteiger partial charge in [-0.25, -0.2) is 0 Å². The van der Waals surface area contributed by atoms with E-state index in [4.69, 9.17) is 0 Å². The van der Waals surface area contributed by atoms with Gasteiger partial charge in [0.2, 0.25) is 0 Å². The summed E-state index contributed by atoms with van der Waals surface area (Å²) in [5, 5.41) is 7.72. The lowest BCUT2D eigenvalue weighted by Gasteiger charge is -2.11. The summed E-state index contributed by atoms with van der Waals surface area (Å²) in [7, 11) is 0. The van der Waals surface area contributed by atoms with Crippen molar-refractivity contribution in [2.75, 3.05) is 0 Å². The van der Waals surface area contributed by atoms with Crippen LogP contribution in [0.25, 0.3) is 109 Å². The Hall–Kier alpha value is -7.20. The first-order valence-corrected chi connectivity index (χ1v) is 20.3. The van der Waals surface area contributed by atoms with Gasteiger partial charge < -0.3 is 9.13 Å². The van der Waals surface area contributed by atoms with Crippen molar-refractivity contribution in [1.82, 2.24) is 9.13 Å². The molecule has 0 aliphatic rings. The fourth-order valence-electron chi connectivity index (χ4n) is 9.09. The quantitative estimate of drug-likeness (QED) is 0.166. The van der Waals surface area contributed by atoms with E-state index in [-0.39, 0.29) is 0 Å². The SMILES string of the molecule is c1ccc(-n2c3ccccc3c3ccc(-c4cccc5c4c4ccccc4n5-c4ccc(-c5ccc(-c6ccc7c(c6)sc6ccccc67)cc5)cc4)cc32)cc1. The van der Waals surface area contributed by atoms with Crippen molar-refractivity contribution in [3.8, 4) is 44.8 Å². The van der Waals surface area contributed by atoms with Crippen LogP contribution in [0.4, 0.5) is 0 Å². The molecule has 0 bridgehead atoms. The van der Waals surface area contributed by atoms with Crippen molar-refractivity contribution in [2.24, 2.45) is 0 Å². The lowest BCUT2D eigenvalue weighted by Crippen LogP contribution is -1.94. The number of thiophene rings is 1. The van der Waals surface area contributed by atoms with E-state index in [1.165, 1.54) is 103 Å². The fourth-order valence-corrected chi connectivity index (χ4v) is 10.2. The minimum absolute atomic E-state index is 1.15. The van der Waals surface area contributed by atoms with Crippen LogP contribution in [0, 0.1) is 0 Å². The van der Waals surface area contributed by atoms with Crippen molar-refractivity contribution in [1.29, 1.82) is 0 Å². The van der Waals surface area contributed by atoms with Crippen LogP contribution in [0.5, 0.6) is 0 Å². The lowest BCUT2D eigenvalue weighted by atomic mass is 9.98. The minimum Gasteiger partial charge on any atom is -0.309 e. The minimum atomic E-state index is 1.15. The maximum absolute atomic E-state index is 2.42. The summed E-state index contributed by atoms with van der Waals surface area (Å²) in [5.41, 5.74) is 14.5. The molecule has 0 aliphatic heterocycles. The third-order valence-corrected chi connectivity index (χ3v) is 12.9. The highest BCUT2D eigenvalue weighted by Crippen LogP contribution is 2.42. The molecule has 0 atom stereocenters. The zero-order chi connectivity index (χ0) is 37.5. The largest absolute Gasteiger partial charge is 0.309 e. The number of hydrogen-bond donors (Lipinski definition) is 0. The molecule has 266 valence electrons. The number of nitrogens with zero attached hydrogens (tertiary/aromatic N) is 2. The van der Waals surface area contributed by atoms with Crippen molar-refractivity contribution < 1.29 is 0 Å². The van der Waals surface area contributed by atoms with Gasteiger partial charge in [-0.05, 0) is 94.0 Å². The topological polar surface area (TPSA) is 9.86 Å². The molecule has 0 amide bonds. The molecule has 12 rings (SSSR count). The van der Waals surface area contributed by atoms with Crippen LogP contribution < -0.4 is 0 Å². The van der Waals surface area contributed by atoms with Gasteiger partial charge in [0.15, 0.2) is 0 Å². The van der Waals surface area contributed by atoms with Gasteiger partial charge in [-0.15, -0.1) is 11.3 Å². The van der Waals surface area contributed by atoms with Crippen molar-refractivity contribution in [3.05, 3.63) is 206 Å². The smallest absolute Gasteiger partial charge is 0.0547 e. The van der Waals surface area contributed by atoms with E-state index in [0.29, 0.717) is 0 Å². The van der Waals surface area contributed by atoms with Gasteiger partial charge in [0.25, 0.3) is 0 Å². The van der Waals surface area contributed by atoms with Gasteiger partial charge in [0.05, 0.1) is 22.1 Å². The second kappa shape index (κ2) is 12.7. The average Bonchev–Trinajstić information content (AvgIpc) is 3.94.